The van der Waals surface area contributed by atoms with E-state index < -0.39 is 0 Å². The van der Waals surface area contributed by atoms with E-state index >= 15 is 0 Å². The molecule has 1 saturated heterocycles. The lowest BCUT2D eigenvalue weighted by molar-refractivity contribution is -0.118. The third-order valence-electron chi connectivity index (χ3n) is 4.31. The van der Waals surface area contributed by atoms with Gasteiger partial charge >= 0.3 is 0 Å². The number of nitrogens with one attached hydrogen (secondary N) is 1. The van der Waals surface area contributed by atoms with E-state index in [2.05, 4.69) is 22.1 Å². The van der Waals surface area contributed by atoms with Crippen LogP contribution in [0, 0.1) is 5.92 Å². The number of amides is 1. The molecule has 0 radical (unpaired) electrons. The van der Waals surface area contributed by atoms with Crippen LogP contribution in [0.25, 0.3) is 0 Å². The maximum absolute atomic E-state index is 12.1. The highest BCUT2D eigenvalue weighted by Crippen LogP contribution is 2.27. The number of ether oxygens (including phenoxy) is 1. The average Bonchev–Trinajstić information content (AvgIpc) is 3.04. The Morgan fingerprint density at radius 2 is 2.15 bits per heavy atom. The zero-order valence-corrected chi connectivity index (χ0v) is 16.8. The Hall–Kier alpha value is -1.34. The van der Waals surface area contributed by atoms with E-state index in [1.54, 1.807) is 18.2 Å². The van der Waals surface area contributed by atoms with Gasteiger partial charge in [0.05, 0.1) is 10.7 Å². The van der Waals surface area contributed by atoms with Crippen molar-refractivity contribution in [1.29, 1.82) is 0 Å². The van der Waals surface area contributed by atoms with Gasteiger partial charge in [0.2, 0.25) is 0 Å². The Morgan fingerprint density at radius 3 is 2.92 bits per heavy atom. The Labute approximate surface area is 167 Å². The maximum Gasteiger partial charge on any atom is 0.264 e. The first-order chi connectivity index (χ1) is 12.5. The second-order valence-corrected chi connectivity index (χ2v) is 8.22. The van der Waals surface area contributed by atoms with E-state index in [4.69, 9.17) is 27.9 Å². The molecule has 1 N–H and O–H groups in total. The fourth-order valence-electron chi connectivity index (χ4n) is 2.77. The number of carbonyl (C=O) groups excluding carboxylic acids is 1. The topological polar surface area (TPSA) is 54.5 Å². The first-order valence-electron chi connectivity index (χ1n) is 8.54. The molecule has 2 aromatic rings. The molecule has 0 spiro atoms. The van der Waals surface area contributed by atoms with Gasteiger partial charge in [0.25, 0.3) is 5.91 Å². The molecule has 140 valence electrons. The summed E-state index contributed by atoms with van der Waals surface area (Å²) >= 11 is 13.3. The van der Waals surface area contributed by atoms with Gasteiger partial charge in [-0.05, 0) is 44.0 Å². The first kappa shape index (κ1) is 19.4. The van der Waals surface area contributed by atoms with Crippen molar-refractivity contribution in [2.75, 3.05) is 25.0 Å². The van der Waals surface area contributed by atoms with Crippen LogP contribution in [0.15, 0.2) is 23.6 Å². The molecule has 1 aromatic heterocycles. The maximum atomic E-state index is 12.1. The molecule has 0 aliphatic carbocycles. The minimum absolute atomic E-state index is 0.154. The quantitative estimate of drug-likeness (QED) is 0.745. The van der Waals surface area contributed by atoms with E-state index in [9.17, 15) is 4.79 Å². The Balaban J connectivity index is 1.47. The van der Waals surface area contributed by atoms with Crippen LogP contribution in [0.2, 0.25) is 10.0 Å². The summed E-state index contributed by atoms with van der Waals surface area (Å²) < 4.78 is 5.43. The molecule has 0 atom stereocenters. The summed E-state index contributed by atoms with van der Waals surface area (Å²) in [4.78, 5) is 19.0. The number of hydrogen-bond acceptors (Lipinski definition) is 5. The number of thiazole rings is 1. The van der Waals surface area contributed by atoms with Crippen LogP contribution in [0.4, 0.5) is 5.13 Å². The zero-order chi connectivity index (χ0) is 18.5. The van der Waals surface area contributed by atoms with E-state index in [0.29, 0.717) is 20.9 Å². The van der Waals surface area contributed by atoms with Crippen LogP contribution in [0.5, 0.6) is 5.75 Å². The van der Waals surface area contributed by atoms with Crippen LogP contribution >= 0.6 is 34.5 Å². The van der Waals surface area contributed by atoms with Crippen molar-refractivity contribution in [3.63, 3.8) is 0 Å². The van der Waals surface area contributed by atoms with Gasteiger partial charge in [-0.25, -0.2) is 4.98 Å². The van der Waals surface area contributed by atoms with Crippen molar-refractivity contribution in [1.82, 2.24) is 9.88 Å². The molecule has 1 amide bonds. The number of halogens is 2. The largest absolute Gasteiger partial charge is 0.482 e. The number of nitrogens with zero attached hydrogens (tertiary/aromatic N) is 2. The molecular formula is C18H21Cl2N3O2S. The summed E-state index contributed by atoms with van der Waals surface area (Å²) in [5.74, 6) is 0.909. The second kappa shape index (κ2) is 9.04. The molecule has 8 heteroatoms. The summed E-state index contributed by atoms with van der Waals surface area (Å²) in [7, 11) is 0. The number of aromatic nitrogens is 1. The van der Waals surface area contributed by atoms with Gasteiger partial charge in [0, 0.05) is 23.0 Å². The molecule has 0 saturated carbocycles. The van der Waals surface area contributed by atoms with Gasteiger partial charge in [-0.3, -0.25) is 15.0 Å². The second-order valence-electron chi connectivity index (χ2n) is 6.51. The van der Waals surface area contributed by atoms with Crippen LogP contribution in [0.1, 0.15) is 25.5 Å². The lowest BCUT2D eigenvalue weighted by Gasteiger charge is -2.29. The smallest absolute Gasteiger partial charge is 0.264 e. The Kier molecular flexibility index (Phi) is 6.75. The first-order valence-corrected chi connectivity index (χ1v) is 10.2. The molecule has 0 unspecified atom stereocenters. The molecule has 5 nitrogen and oxygen atoms in total. The van der Waals surface area contributed by atoms with Gasteiger partial charge in [0.15, 0.2) is 11.7 Å². The number of hydrogen-bond donors (Lipinski definition) is 1. The molecular weight excluding hydrogens is 393 g/mol. The predicted molar refractivity (Wildman–Crippen MR) is 106 cm³/mol. The van der Waals surface area contributed by atoms with E-state index in [-0.39, 0.29) is 12.5 Å². The fraction of sp³-hybridized carbons (Fsp3) is 0.444. The highest BCUT2D eigenvalue weighted by atomic mass is 35.5. The molecule has 2 heterocycles. The van der Waals surface area contributed by atoms with Crippen molar-refractivity contribution in [2.24, 2.45) is 5.92 Å². The van der Waals surface area contributed by atoms with Crippen LogP contribution in [-0.2, 0) is 11.3 Å². The normalized spacial score (nSPS) is 15.8. The van der Waals surface area contributed by atoms with Crippen molar-refractivity contribution >= 4 is 45.6 Å². The highest BCUT2D eigenvalue weighted by Gasteiger charge is 2.17. The summed E-state index contributed by atoms with van der Waals surface area (Å²) in [5.41, 5.74) is 0.985. The standard InChI is InChI=1S/C18H21Cl2N3O2S/c1-12-4-6-23(7-5-12)9-14-11-26-18(21-14)22-17(24)10-25-16-8-13(19)2-3-15(16)20/h2-3,8,11-12H,4-7,9-10H2,1H3,(H,21,22,24). The molecule has 1 fully saturated rings. The van der Waals surface area contributed by atoms with Crippen LogP contribution in [-0.4, -0.2) is 35.5 Å². The monoisotopic (exact) mass is 413 g/mol. The Bertz CT molecular complexity index is 761. The molecule has 1 aliphatic heterocycles. The van der Waals surface area contributed by atoms with E-state index in [1.807, 2.05) is 5.38 Å². The number of rotatable bonds is 6. The average molecular weight is 414 g/mol. The third-order valence-corrected chi connectivity index (χ3v) is 5.67. The van der Waals surface area contributed by atoms with Crippen LogP contribution in [0.3, 0.4) is 0 Å². The van der Waals surface area contributed by atoms with Crippen LogP contribution < -0.4 is 10.1 Å². The number of anilines is 1. The van der Waals surface area contributed by atoms with E-state index in [1.165, 1.54) is 24.2 Å². The highest BCUT2D eigenvalue weighted by molar-refractivity contribution is 7.13. The van der Waals surface area contributed by atoms with Crippen molar-refractivity contribution < 1.29 is 9.53 Å². The molecule has 0 bridgehead atoms. The predicted octanol–water partition coefficient (Wildman–Crippen LogP) is 4.70. The minimum atomic E-state index is -0.284. The summed E-state index contributed by atoms with van der Waals surface area (Å²) in [6.07, 6.45) is 2.47. The van der Waals surface area contributed by atoms with E-state index in [0.717, 1.165) is 31.2 Å². The number of benzene rings is 1. The number of likely N-dealkylation sites (tertiary alicyclic amines) is 1. The molecule has 3 rings (SSSR count). The summed E-state index contributed by atoms with van der Waals surface area (Å²) in [6, 6.07) is 4.88. The zero-order valence-electron chi connectivity index (χ0n) is 14.5. The summed E-state index contributed by atoms with van der Waals surface area (Å²) in [6.45, 7) is 5.18. The minimum Gasteiger partial charge on any atom is -0.482 e. The van der Waals surface area contributed by atoms with Crippen molar-refractivity contribution in [2.45, 2.75) is 26.3 Å². The van der Waals surface area contributed by atoms with Gasteiger partial charge in [-0.2, -0.15) is 0 Å². The molecule has 1 aliphatic rings. The van der Waals surface area contributed by atoms with Gasteiger partial charge in [-0.1, -0.05) is 30.1 Å². The lowest BCUT2D eigenvalue weighted by Crippen LogP contribution is -2.32. The summed E-state index contributed by atoms with van der Waals surface area (Å²) in [5, 5.41) is 6.24. The molecule has 1 aromatic carbocycles. The lowest BCUT2D eigenvalue weighted by atomic mass is 9.99. The van der Waals surface area contributed by atoms with Gasteiger partial charge in [0.1, 0.15) is 5.75 Å². The number of piperidine rings is 1. The molecule has 26 heavy (non-hydrogen) atoms. The Morgan fingerprint density at radius 1 is 1.38 bits per heavy atom. The van der Waals surface area contributed by atoms with Gasteiger partial charge in [-0.15, -0.1) is 11.3 Å². The number of carbonyl (C=O) groups is 1. The fourth-order valence-corrected chi connectivity index (χ4v) is 3.82. The van der Waals surface area contributed by atoms with Crippen molar-refractivity contribution in [3.8, 4) is 5.75 Å². The van der Waals surface area contributed by atoms with Gasteiger partial charge < -0.3 is 4.74 Å². The van der Waals surface area contributed by atoms with Crippen molar-refractivity contribution in [3.05, 3.63) is 39.3 Å². The third kappa shape index (κ3) is 5.58. The SMILES string of the molecule is CC1CCN(Cc2csc(NC(=O)COc3cc(Cl)ccc3Cl)n2)CC1.